The number of H-pyrrole nitrogens is 1. The van der Waals surface area contributed by atoms with Crippen molar-refractivity contribution in [3.05, 3.63) is 59.4 Å². The second-order valence-corrected chi connectivity index (χ2v) is 6.48. The molecule has 5 nitrogen and oxygen atoms in total. The molecule has 1 aliphatic heterocycles. The lowest BCUT2D eigenvalue weighted by Gasteiger charge is -2.22. The van der Waals surface area contributed by atoms with E-state index < -0.39 is 0 Å². The number of aromatic amines is 1. The van der Waals surface area contributed by atoms with Gasteiger partial charge in [-0.2, -0.15) is 0 Å². The van der Waals surface area contributed by atoms with Gasteiger partial charge in [-0.25, -0.2) is 0 Å². The molecule has 1 N–H and O–H groups in total. The first-order valence-electron chi connectivity index (χ1n) is 8.99. The van der Waals surface area contributed by atoms with Crippen molar-refractivity contribution < 1.29 is 9.59 Å². The summed E-state index contributed by atoms with van der Waals surface area (Å²) < 4.78 is 0. The number of carbonyl (C=O) groups is 2. The molecule has 0 radical (unpaired) electrons. The monoisotopic (exact) mass is 339 g/mol. The van der Waals surface area contributed by atoms with Gasteiger partial charge in [0.05, 0.1) is 5.56 Å². The third-order valence-corrected chi connectivity index (χ3v) is 4.65. The van der Waals surface area contributed by atoms with Gasteiger partial charge in [0.15, 0.2) is 0 Å². The fourth-order valence-corrected chi connectivity index (χ4v) is 3.25. The Morgan fingerprint density at radius 3 is 2.12 bits per heavy atom. The van der Waals surface area contributed by atoms with Crippen LogP contribution in [0.1, 0.15) is 46.0 Å². The van der Waals surface area contributed by atoms with E-state index in [1.807, 2.05) is 34.1 Å². The van der Waals surface area contributed by atoms with E-state index in [-0.39, 0.29) is 11.8 Å². The van der Waals surface area contributed by atoms with Gasteiger partial charge in [-0.05, 0) is 36.6 Å². The maximum absolute atomic E-state index is 12.7. The molecule has 0 aliphatic carbocycles. The molecule has 0 saturated carbocycles. The van der Waals surface area contributed by atoms with E-state index >= 15 is 0 Å². The molecule has 2 aromatic rings. The van der Waals surface area contributed by atoms with Gasteiger partial charge in [0.2, 0.25) is 0 Å². The second kappa shape index (κ2) is 8.01. The number of amides is 2. The molecule has 0 spiro atoms. The minimum Gasteiger partial charge on any atom is -0.367 e. The molecule has 2 amide bonds. The summed E-state index contributed by atoms with van der Waals surface area (Å²) in [4.78, 5) is 31.8. The number of hydrogen-bond donors (Lipinski definition) is 1. The number of carbonyl (C=O) groups excluding carboxylic acids is 2. The molecule has 25 heavy (non-hydrogen) atoms. The maximum atomic E-state index is 12.7. The van der Waals surface area contributed by atoms with E-state index in [1.165, 1.54) is 5.56 Å². The fraction of sp³-hybridized carbons (Fsp3) is 0.400. The zero-order valence-electron chi connectivity index (χ0n) is 14.7. The van der Waals surface area contributed by atoms with Gasteiger partial charge in [0.1, 0.15) is 0 Å². The highest BCUT2D eigenvalue weighted by molar-refractivity contribution is 5.95. The highest BCUT2D eigenvalue weighted by atomic mass is 16.2. The number of hydrogen-bond acceptors (Lipinski definition) is 2. The van der Waals surface area contributed by atoms with Crippen LogP contribution in [0.15, 0.2) is 42.7 Å². The first kappa shape index (κ1) is 17.3. The van der Waals surface area contributed by atoms with Crippen molar-refractivity contribution in [1.82, 2.24) is 14.8 Å². The Morgan fingerprint density at radius 1 is 0.920 bits per heavy atom. The second-order valence-electron chi connectivity index (χ2n) is 6.48. The van der Waals surface area contributed by atoms with Gasteiger partial charge in [0.25, 0.3) is 11.8 Å². The normalized spacial score (nSPS) is 15.1. The average Bonchev–Trinajstić information content (AvgIpc) is 3.06. The number of rotatable bonds is 4. The SMILES string of the molecule is CCCc1ccc(C(=O)N2CCCN(C(=O)c3cc[nH]c3)CC2)cc1. The summed E-state index contributed by atoms with van der Waals surface area (Å²) in [5.41, 5.74) is 2.66. The van der Waals surface area contributed by atoms with Crippen LogP contribution >= 0.6 is 0 Å². The number of nitrogens with zero attached hydrogens (tertiary/aromatic N) is 2. The first-order valence-corrected chi connectivity index (χ1v) is 8.99. The Hall–Kier alpha value is -2.56. The summed E-state index contributed by atoms with van der Waals surface area (Å²) in [7, 11) is 0. The van der Waals surface area contributed by atoms with Crippen molar-refractivity contribution in [1.29, 1.82) is 0 Å². The van der Waals surface area contributed by atoms with Gasteiger partial charge in [-0.15, -0.1) is 0 Å². The van der Waals surface area contributed by atoms with Crippen LogP contribution in [0, 0.1) is 0 Å². The Bertz CT molecular complexity index is 707. The quantitative estimate of drug-likeness (QED) is 0.931. The van der Waals surface area contributed by atoms with Gasteiger partial charge in [0, 0.05) is 44.1 Å². The fourth-order valence-electron chi connectivity index (χ4n) is 3.25. The van der Waals surface area contributed by atoms with E-state index in [0.717, 1.165) is 24.8 Å². The molecule has 0 atom stereocenters. The van der Waals surface area contributed by atoms with E-state index in [2.05, 4.69) is 11.9 Å². The van der Waals surface area contributed by atoms with E-state index in [1.54, 1.807) is 18.5 Å². The summed E-state index contributed by atoms with van der Waals surface area (Å²) in [6, 6.07) is 9.70. The zero-order valence-corrected chi connectivity index (χ0v) is 14.7. The van der Waals surface area contributed by atoms with Crippen LogP contribution in [0.2, 0.25) is 0 Å². The Kier molecular flexibility index (Phi) is 5.53. The third kappa shape index (κ3) is 4.10. The molecular formula is C20H25N3O2. The Labute approximate surface area is 148 Å². The van der Waals surface area contributed by atoms with Gasteiger partial charge in [-0.3, -0.25) is 9.59 Å². The minimum atomic E-state index is 0.0273. The summed E-state index contributed by atoms with van der Waals surface area (Å²) in [6.45, 7) is 4.67. The number of aromatic nitrogens is 1. The van der Waals surface area contributed by atoms with E-state index in [4.69, 9.17) is 0 Å². The summed E-state index contributed by atoms with van der Waals surface area (Å²) in [5.74, 6) is 0.0819. The van der Waals surface area contributed by atoms with Crippen LogP contribution in [-0.2, 0) is 6.42 Å². The van der Waals surface area contributed by atoms with Crippen molar-refractivity contribution in [2.45, 2.75) is 26.2 Å². The molecule has 1 aromatic heterocycles. The molecule has 1 saturated heterocycles. The van der Waals surface area contributed by atoms with Crippen LogP contribution < -0.4 is 0 Å². The van der Waals surface area contributed by atoms with Crippen LogP contribution in [-0.4, -0.2) is 52.8 Å². The minimum absolute atomic E-state index is 0.0273. The smallest absolute Gasteiger partial charge is 0.255 e. The van der Waals surface area contributed by atoms with Crippen molar-refractivity contribution in [2.75, 3.05) is 26.2 Å². The molecule has 1 fully saturated rings. The predicted molar refractivity (Wildman–Crippen MR) is 97.7 cm³/mol. The van der Waals surface area contributed by atoms with Crippen LogP contribution in [0.4, 0.5) is 0 Å². The topological polar surface area (TPSA) is 56.4 Å². The standard InChI is InChI=1S/C20H25N3O2/c1-2-4-16-5-7-17(8-6-16)19(24)22-11-3-12-23(14-13-22)20(25)18-9-10-21-15-18/h5-10,15,21H,2-4,11-14H2,1H3. The predicted octanol–water partition coefficient (Wildman–Crippen LogP) is 2.96. The Morgan fingerprint density at radius 2 is 1.56 bits per heavy atom. The largest absolute Gasteiger partial charge is 0.367 e. The number of aryl methyl sites for hydroxylation is 1. The van der Waals surface area contributed by atoms with E-state index in [0.29, 0.717) is 31.7 Å². The highest BCUT2D eigenvalue weighted by Crippen LogP contribution is 2.13. The summed E-state index contributed by atoms with van der Waals surface area (Å²) >= 11 is 0. The average molecular weight is 339 g/mol. The lowest BCUT2D eigenvalue weighted by molar-refractivity contribution is 0.0719. The lowest BCUT2D eigenvalue weighted by atomic mass is 10.1. The van der Waals surface area contributed by atoms with Gasteiger partial charge >= 0.3 is 0 Å². The zero-order chi connectivity index (χ0) is 17.6. The number of benzene rings is 1. The van der Waals surface area contributed by atoms with E-state index in [9.17, 15) is 9.59 Å². The maximum Gasteiger partial charge on any atom is 0.255 e. The van der Waals surface area contributed by atoms with Crippen LogP contribution in [0.3, 0.4) is 0 Å². The summed E-state index contributed by atoms with van der Waals surface area (Å²) in [5, 5.41) is 0. The van der Waals surface area contributed by atoms with Gasteiger partial charge in [-0.1, -0.05) is 25.5 Å². The molecule has 5 heteroatoms. The molecule has 1 aromatic carbocycles. The number of nitrogens with one attached hydrogen (secondary N) is 1. The van der Waals surface area contributed by atoms with Crippen LogP contribution in [0.5, 0.6) is 0 Å². The molecule has 0 unspecified atom stereocenters. The highest BCUT2D eigenvalue weighted by Gasteiger charge is 2.23. The molecule has 3 rings (SSSR count). The molecule has 2 heterocycles. The van der Waals surface area contributed by atoms with Crippen molar-refractivity contribution in [2.24, 2.45) is 0 Å². The lowest BCUT2D eigenvalue weighted by Crippen LogP contribution is -2.37. The summed E-state index contributed by atoms with van der Waals surface area (Å²) in [6.07, 6.45) is 6.41. The van der Waals surface area contributed by atoms with Crippen molar-refractivity contribution in [3.63, 3.8) is 0 Å². The van der Waals surface area contributed by atoms with Crippen molar-refractivity contribution >= 4 is 11.8 Å². The first-order chi connectivity index (χ1) is 12.2. The van der Waals surface area contributed by atoms with Gasteiger partial charge < -0.3 is 14.8 Å². The molecular weight excluding hydrogens is 314 g/mol. The van der Waals surface area contributed by atoms with Crippen molar-refractivity contribution in [3.8, 4) is 0 Å². The third-order valence-electron chi connectivity index (χ3n) is 4.65. The molecule has 1 aliphatic rings. The Balaban J connectivity index is 1.62. The van der Waals surface area contributed by atoms with Crippen LogP contribution in [0.25, 0.3) is 0 Å². The molecule has 132 valence electrons. The molecule has 0 bridgehead atoms.